The molecule has 1 unspecified atom stereocenters. The largest absolute Gasteiger partial charge is 0.462 e. The fourth-order valence-electron chi connectivity index (χ4n) is 2.74. The first-order chi connectivity index (χ1) is 10.1. The number of hydrogen-bond acceptors (Lipinski definition) is 4. The van der Waals surface area contributed by atoms with Crippen LogP contribution in [-0.4, -0.2) is 42.6 Å². The van der Waals surface area contributed by atoms with Gasteiger partial charge in [0, 0.05) is 19.1 Å². The van der Waals surface area contributed by atoms with Gasteiger partial charge in [0.2, 0.25) is 0 Å². The summed E-state index contributed by atoms with van der Waals surface area (Å²) in [6.07, 6.45) is 2.25. The van der Waals surface area contributed by atoms with Crippen molar-refractivity contribution in [1.29, 1.82) is 0 Å². The third-order valence-electron chi connectivity index (χ3n) is 3.66. The number of carbonyl (C=O) groups excluding carboxylic acids is 1. The van der Waals surface area contributed by atoms with Gasteiger partial charge in [0.05, 0.1) is 12.6 Å². The molecule has 1 saturated heterocycles. The highest BCUT2D eigenvalue weighted by Crippen LogP contribution is 2.13. The molecule has 1 aromatic carbocycles. The summed E-state index contributed by atoms with van der Waals surface area (Å²) in [5.74, 6) is -0.162. The number of nitrogens with zero attached hydrogens (tertiary/aromatic N) is 1. The first kappa shape index (κ1) is 16.0. The van der Waals surface area contributed by atoms with Gasteiger partial charge in [-0.1, -0.05) is 30.3 Å². The van der Waals surface area contributed by atoms with Crippen LogP contribution in [0, 0.1) is 0 Å². The van der Waals surface area contributed by atoms with E-state index in [1.165, 1.54) is 12.0 Å². The van der Waals surface area contributed by atoms with Gasteiger partial charge in [-0.15, -0.1) is 0 Å². The van der Waals surface area contributed by atoms with Crippen molar-refractivity contribution in [3.8, 4) is 0 Å². The molecule has 1 aromatic rings. The van der Waals surface area contributed by atoms with E-state index < -0.39 is 0 Å². The van der Waals surface area contributed by atoms with Gasteiger partial charge in [0.25, 0.3) is 0 Å². The molecule has 2 rings (SSSR count). The van der Waals surface area contributed by atoms with E-state index in [0.717, 1.165) is 26.1 Å². The van der Waals surface area contributed by atoms with Gasteiger partial charge in [0.1, 0.15) is 0 Å². The molecule has 1 aliphatic rings. The average molecular weight is 290 g/mol. The van der Waals surface area contributed by atoms with Crippen LogP contribution >= 0.6 is 0 Å². The Kier molecular flexibility index (Phi) is 6.21. The van der Waals surface area contributed by atoms with Crippen LogP contribution in [0.5, 0.6) is 0 Å². The van der Waals surface area contributed by atoms with Crippen LogP contribution < -0.4 is 5.32 Å². The number of esters is 1. The molecule has 116 valence electrons. The molecule has 0 amide bonds. The molecule has 0 aliphatic carbocycles. The number of piperidine rings is 1. The number of nitrogens with one attached hydrogen (secondary N) is 1. The zero-order chi connectivity index (χ0) is 15.1. The van der Waals surface area contributed by atoms with Crippen LogP contribution in [-0.2, 0) is 16.1 Å². The maximum atomic E-state index is 11.6. The second-order valence-corrected chi connectivity index (χ2v) is 5.98. The SMILES string of the molecule is CC(C)OC(=O)CNC1CCCN(Cc2ccccc2)C1. The zero-order valence-corrected chi connectivity index (χ0v) is 13.0. The quantitative estimate of drug-likeness (QED) is 0.816. The Hall–Kier alpha value is -1.39. The summed E-state index contributed by atoms with van der Waals surface area (Å²) >= 11 is 0. The molecule has 21 heavy (non-hydrogen) atoms. The van der Waals surface area contributed by atoms with Crippen LogP contribution in [0.1, 0.15) is 32.3 Å². The first-order valence-electron chi connectivity index (χ1n) is 7.82. The van der Waals surface area contributed by atoms with E-state index in [0.29, 0.717) is 12.6 Å². The monoisotopic (exact) mass is 290 g/mol. The van der Waals surface area contributed by atoms with Crippen LogP contribution in [0.15, 0.2) is 30.3 Å². The average Bonchev–Trinajstić information content (AvgIpc) is 2.46. The molecule has 1 N–H and O–H groups in total. The molecule has 4 nitrogen and oxygen atoms in total. The van der Waals surface area contributed by atoms with Gasteiger partial charge < -0.3 is 10.1 Å². The Morgan fingerprint density at radius 1 is 1.38 bits per heavy atom. The molecule has 1 heterocycles. The lowest BCUT2D eigenvalue weighted by atomic mass is 10.0. The van der Waals surface area contributed by atoms with Gasteiger partial charge in [-0.05, 0) is 38.8 Å². The standard InChI is InChI=1S/C17H26N2O2/c1-14(2)21-17(20)11-18-16-9-6-10-19(13-16)12-15-7-4-3-5-8-15/h3-5,7-8,14,16,18H,6,9-13H2,1-2H3. The van der Waals surface area contributed by atoms with Crippen molar-refractivity contribution >= 4 is 5.97 Å². The van der Waals surface area contributed by atoms with E-state index in [1.54, 1.807) is 0 Å². The molecular formula is C17H26N2O2. The molecule has 4 heteroatoms. The van der Waals surface area contributed by atoms with Crippen molar-refractivity contribution in [3.63, 3.8) is 0 Å². The number of ether oxygens (including phenoxy) is 1. The summed E-state index contributed by atoms with van der Waals surface area (Å²) in [6.45, 7) is 7.16. The normalized spacial score (nSPS) is 19.7. The molecular weight excluding hydrogens is 264 g/mol. The Labute approximate surface area is 127 Å². The Bertz CT molecular complexity index is 434. The van der Waals surface area contributed by atoms with Gasteiger partial charge in [-0.25, -0.2) is 0 Å². The summed E-state index contributed by atoms with van der Waals surface area (Å²) in [6, 6.07) is 10.9. The van der Waals surface area contributed by atoms with E-state index in [9.17, 15) is 4.79 Å². The van der Waals surface area contributed by atoms with E-state index >= 15 is 0 Å². The summed E-state index contributed by atoms with van der Waals surface area (Å²) < 4.78 is 5.15. The van der Waals surface area contributed by atoms with Crippen LogP contribution in [0.4, 0.5) is 0 Å². The van der Waals surface area contributed by atoms with Crippen LogP contribution in [0.25, 0.3) is 0 Å². The molecule has 1 atom stereocenters. The number of hydrogen-bond donors (Lipinski definition) is 1. The van der Waals surface area contributed by atoms with Crippen molar-refractivity contribution in [3.05, 3.63) is 35.9 Å². The summed E-state index contributed by atoms with van der Waals surface area (Å²) in [5, 5.41) is 3.33. The van der Waals surface area contributed by atoms with E-state index in [2.05, 4.69) is 34.5 Å². The Morgan fingerprint density at radius 2 is 2.14 bits per heavy atom. The zero-order valence-electron chi connectivity index (χ0n) is 13.0. The lowest BCUT2D eigenvalue weighted by Gasteiger charge is -2.33. The highest BCUT2D eigenvalue weighted by molar-refractivity contribution is 5.71. The highest BCUT2D eigenvalue weighted by atomic mass is 16.5. The molecule has 0 bridgehead atoms. The summed E-state index contributed by atoms with van der Waals surface area (Å²) in [7, 11) is 0. The fourth-order valence-corrected chi connectivity index (χ4v) is 2.74. The van der Waals surface area contributed by atoms with Gasteiger partial charge in [-0.3, -0.25) is 9.69 Å². The van der Waals surface area contributed by atoms with Crippen molar-refractivity contribution in [2.75, 3.05) is 19.6 Å². The van der Waals surface area contributed by atoms with E-state index in [1.807, 2.05) is 19.9 Å². The predicted octanol–water partition coefficient (Wildman–Crippen LogP) is 2.19. The minimum atomic E-state index is -0.162. The Balaban J connectivity index is 1.74. The van der Waals surface area contributed by atoms with Crippen molar-refractivity contribution in [1.82, 2.24) is 10.2 Å². The van der Waals surface area contributed by atoms with Gasteiger partial charge in [-0.2, -0.15) is 0 Å². The lowest BCUT2D eigenvalue weighted by Crippen LogP contribution is -2.47. The smallest absolute Gasteiger partial charge is 0.320 e. The lowest BCUT2D eigenvalue weighted by molar-refractivity contribution is -0.146. The minimum Gasteiger partial charge on any atom is -0.462 e. The molecule has 1 aliphatic heterocycles. The second-order valence-electron chi connectivity index (χ2n) is 5.98. The van der Waals surface area contributed by atoms with Crippen LogP contribution in [0.3, 0.4) is 0 Å². The summed E-state index contributed by atoms with van der Waals surface area (Å²) in [5.41, 5.74) is 1.34. The van der Waals surface area contributed by atoms with Crippen LogP contribution in [0.2, 0.25) is 0 Å². The molecule has 0 saturated carbocycles. The maximum Gasteiger partial charge on any atom is 0.320 e. The maximum absolute atomic E-state index is 11.6. The molecule has 0 spiro atoms. The van der Waals surface area contributed by atoms with Crippen molar-refractivity contribution < 1.29 is 9.53 Å². The topological polar surface area (TPSA) is 41.6 Å². The first-order valence-corrected chi connectivity index (χ1v) is 7.82. The van der Waals surface area contributed by atoms with Gasteiger partial charge in [0.15, 0.2) is 0 Å². The number of likely N-dealkylation sites (tertiary alicyclic amines) is 1. The van der Waals surface area contributed by atoms with E-state index in [-0.39, 0.29) is 12.1 Å². The third-order valence-corrected chi connectivity index (χ3v) is 3.66. The number of benzene rings is 1. The van der Waals surface area contributed by atoms with Crippen molar-refractivity contribution in [2.45, 2.75) is 45.4 Å². The predicted molar refractivity (Wildman–Crippen MR) is 84.0 cm³/mol. The molecule has 0 radical (unpaired) electrons. The molecule has 1 fully saturated rings. The second kappa shape index (κ2) is 8.15. The Morgan fingerprint density at radius 3 is 2.86 bits per heavy atom. The fraction of sp³-hybridized carbons (Fsp3) is 0.588. The van der Waals surface area contributed by atoms with Gasteiger partial charge >= 0.3 is 5.97 Å². The van der Waals surface area contributed by atoms with E-state index in [4.69, 9.17) is 4.74 Å². The molecule has 0 aromatic heterocycles. The summed E-state index contributed by atoms with van der Waals surface area (Å²) in [4.78, 5) is 14.0. The highest BCUT2D eigenvalue weighted by Gasteiger charge is 2.20. The van der Waals surface area contributed by atoms with Crippen molar-refractivity contribution in [2.24, 2.45) is 0 Å². The third kappa shape index (κ3) is 5.86. The minimum absolute atomic E-state index is 0.0414. The number of rotatable bonds is 6. The number of carbonyl (C=O) groups is 1.